The van der Waals surface area contributed by atoms with Crippen molar-refractivity contribution in [2.45, 2.75) is 32.6 Å². The third-order valence-electron chi connectivity index (χ3n) is 4.44. The van der Waals surface area contributed by atoms with Gasteiger partial charge < -0.3 is 10.6 Å². The van der Waals surface area contributed by atoms with Crippen molar-refractivity contribution in [2.75, 3.05) is 10.2 Å². The summed E-state index contributed by atoms with van der Waals surface area (Å²) in [6.07, 6.45) is 3.33. The third kappa shape index (κ3) is 4.26. The van der Waals surface area contributed by atoms with E-state index in [1.165, 1.54) is 0 Å². The number of amides is 3. The SMILES string of the molecule is CCCCCC(=O)NC(=S)Nc1ccc(N2C(=O)c3ccccc3C2=O)cc1. The van der Waals surface area contributed by atoms with E-state index < -0.39 is 0 Å². The summed E-state index contributed by atoms with van der Waals surface area (Å²) < 4.78 is 0. The number of hydrogen-bond donors (Lipinski definition) is 2. The van der Waals surface area contributed by atoms with Crippen LogP contribution in [0.1, 0.15) is 53.3 Å². The molecule has 0 aliphatic carbocycles. The second-order valence-electron chi connectivity index (χ2n) is 6.50. The highest BCUT2D eigenvalue weighted by atomic mass is 32.1. The van der Waals surface area contributed by atoms with Crippen molar-refractivity contribution >= 4 is 46.4 Å². The number of fused-ring (bicyclic) bond motifs is 1. The summed E-state index contributed by atoms with van der Waals surface area (Å²) in [6.45, 7) is 2.08. The topological polar surface area (TPSA) is 78.5 Å². The van der Waals surface area contributed by atoms with Gasteiger partial charge in [0.05, 0.1) is 16.8 Å². The van der Waals surface area contributed by atoms with Gasteiger partial charge in [-0.15, -0.1) is 0 Å². The molecular weight excluding hydrogens is 374 g/mol. The first-order valence-electron chi connectivity index (χ1n) is 9.20. The Morgan fingerprint density at radius 1 is 0.964 bits per heavy atom. The average molecular weight is 395 g/mol. The Labute approximate surface area is 168 Å². The number of carbonyl (C=O) groups is 3. The summed E-state index contributed by atoms with van der Waals surface area (Å²) in [7, 11) is 0. The maximum atomic E-state index is 12.5. The molecule has 7 heteroatoms. The van der Waals surface area contributed by atoms with Gasteiger partial charge in [0.2, 0.25) is 5.91 Å². The first kappa shape index (κ1) is 19.7. The van der Waals surface area contributed by atoms with Crippen LogP contribution in [-0.2, 0) is 4.79 Å². The standard InChI is InChI=1S/C21H21N3O3S/c1-2-3-4-9-18(25)23-21(28)22-14-10-12-15(13-11-14)24-19(26)16-7-5-6-8-17(16)20(24)27/h5-8,10-13H,2-4,9H2,1H3,(H2,22,23,25,28). The molecule has 2 aromatic carbocycles. The van der Waals surface area contributed by atoms with Gasteiger partial charge in [0.1, 0.15) is 0 Å². The molecule has 1 aliphatic heterocycles. The lowest BCUT2D eigenvalue weighted by atomic mass is 10.1. The van der Waals surface area contributed by atoms with Gasteiger partial charge in [0.15, 0.2) is 5.11 Å². The fraction of sp³-hybridized carbons (Fsp3) is 0.238. The Bertz CT molecular complexity index is 890. The third-order valence-corrected chi connectivity index (χ3v) is 4.64. The Hall–Kier alpha value is -3.06. The molecule has 0 aromatic heterocycles. The summed E-state index contributed by atoms with van der Waals surface area (Å²) in [5.41, 5.74) is 1.94. The summed E-state index contributed by atoms with van der Waals surface area (Å²) in [5.74, 6) is -0.791. The highest BCUT2D eigenvalue weighted by Gasteiger charge is 2.36. The van der Waals surface area contributed by atoms with Crippen molar-refractivity contribution in [3.63, 3.8) is 0 Å². The molecule has 3 rings (SSSR count). The molecule has 0 radical (unpaired) electrons. The van der Waals surface area contributed by atoms with Crippen molar-refractivity contribution in [1.82, 2.24) is 5.32 Å². The lowest BCUT2D eigenvalue weighted by Gasteiger charge is -2.15. The molecular formula is C21H21N3O3S. The van der Waals surface area contributed by atoms with Crippen LogP contribution in [0.25, 0.3) is 0 Å². The quantitative estimate of drug-likeness (QED) is 0.441. The zero-order valence-electron chi connectivity index (χ0n) is 15.5. The first-order valence-corrected chi connectivity index (χ1v) is 9.60. The summed E-state index contributed by atoms with van der Waals surface area (Å²) in [4.78, 5) is 38.0. The van der Waals surface area contributed by atoms with Crippen molar-refractivity contribution < 1.29 is 14.4 Å². The molecule has 2 aromatic rings. The molecule has 1 heterocycles. The van der Waals surface area contributed by atoms with Crippen LogP contribution in [-0.4, -0.2) is 22.8 Å². The van der Waals surface area contributed by atoms with E-state index in [4.69, 9.17) is 12.2 Å². The fourth-order valence-corrected chi connectivity index (χ4v) is 3.24. The summed E-state index contributed by atoms with van der Waals surface area (Å²) in [6, 6.07) is 13.5. The molecule has 0 bridgehead atoms. The van der Waals surface area contributed by atoms with Gasteiger partial charge in [0, 0.05) is 12.1 Å². The fourth-order valence-electron chi connectivity index (χ4n) is 3.00. The highest BCUT2D eigenvalue weighted by Crippen LogP contribution is 2.28. The monoisotopic (exact) mass is 395 g/mol. The molecule has 2 N–H and O–H groups in total. The predicted molar refractivity (Wildman–Crippen MR) is 113 cm³/mol. The number of anilines is 2. The number of carbonyl (C=O) groups excluding carboxylic acids is 3. The normalized spacial score (nSPS) is 12.7. The van der Waals surface area contributed by atoms with Crippen LogP contribution in [0.3, 0.4) is 0 Å². The number of unbranched alkanes of at least 4 members (excludes halogenated alkanes) is 2. The van der Waals surface area contributed by atoms with E-state index in [1.807, 2.05) is 0 Å². The predicted octanol–water partition coefficient (Wildman–Crippen LogP) is 3.88. The maximum Gasteiger partial charge on any atom is 0.266 e. The second-order valence-corrected chi connectivity index (χ2v) is 6.91. The van der Waals surface area contributed by atoms with Gasteiger partial charge in [0.25, 0.3) is 11.8 Å². The minimum absolute atomic E-state index is 0.117. The van der Waals surface area contributed by atoms with E-state index in [0.717, 1.165) is 24.2 Å². The van der Waals surface area contributed by atoms with E-state index in [-0.39, 0.29) is 22.8 Å². The lowest BCUT2D eigenvalue weighted by Crippen LogP contribution is -2.34. The van der Waals surface area contributed by atoms with Crippen molar-refractivity contribution in [3.05, 3.63) is 59.7 Å². The van der Waals surface area contributed by atoms with Gasteiger partial charge in [-0.05, 0) is 55.0 Å². The van der Waals surface area contributed by atoms with Crippen LogP contribution in [0, 0.1) is 0 Å². The number of imide groups is 1. The van der Waals surface area contributed by atoms with Crippen LogP contribution < -0.4 is 15.5 Å². The molecule has 0 saturated heterocycles. The zero-order valence-corrected chi connectivity index (χ0v) is 16.3. The van der Waals surface area contributed by atoms with Crippen LogP contribution in [0.15, 0.2) is 48.5 Å². The Morgan fingerprint density at radius 3 is 2.14 bits per heavy atom. The smallest absolute Gasteiger partial charge is 0.266 e. The minimum atomic E-state index is -0.337. The number of thiocarbonyl (C=S) groups is 1. The van der Waals surface area contributed by atoms with Crippen molar-refractivity contribution in [3.8, 4) is 0 Å². The molecule has 6 nitrogen and oxygen atoms in total. The molecule has 0 spiro atoms. The Balaban J connectivity index is 1.62. The van der Waals surface area contributed by atoms with Gasteiger partial charge in [-0.1, -0.05) is 31.9 Å². The van der Waals surface area contributed by atoms with E-state index in [9.17, 15) is 14.4 Å². The molecule has 0 saturated carbocycles. The number of nitrogens with one attached hydrogen (secondary N) is 2. The maximum absolute atomic E-state index is 12.5. The van der Waals surface area contributed by atoms with Crippen LogP contribution in [0.4, 0.5) is 11.4 Å². The molecule has 1 aliphatic rings. The largest absolute Gasteiger partial charge is 0.332 e. The number of benzene rings is 2. The van der Waals surface area contributed by atoms with E-state index in [2.05, 4.69) is 17.6 Å². The number of hydrogen-bond acceptors (Lipinski definition) is 4. The zero-order chi connectivity index (χ0) is 20.1. The first-order chi connectivity index (χ1) is 13.5. The van der Waals surface area contributed by atoms with E-state index in [0.29, 0.717) is 28.9 Å². The summed E-state index contributed by atoms with van der Waals surface area (Å²) >= 11 is 5.15. The number of nitrogens with zero attached hydrogens (tertiary/aromatic N) is 1. The molecule has 0 unspecified atom stereocenters. The van der Waals surface area contributed by atoms with Crippen LogP contribution in [0.2, 0.25) is 0 Å². The van der Waals surface area contributed by atoms with Crippen molar-refractivity contribution in [1.29, 1.82) is 0 Å². The molecule has 144 valence electrons. The van der Waals surface area contributed by atoms with Crippen LogP contribution in [0.5, 0.6) is 0 Å². The highest BCUT2D eigenvalue weighted by molar-refractivity contribution is 7.80. The van der Waals surface area contributed by atoms with Crippen molar-refractivity contribution in [2.24, 2.45) is 0 Å². The summed E-state index contributed by atoms with van der Waals surface area (Å²) in [5, 5.41) is 5.80. The van der Waals surface area contributed by atoms with Gasteiger partial charge >= 0.3 is 0 Å². The van der Waals surface area contributed by atoms with Gasteiger partial charge in [-0.25, -0.2) is 4.90 Å². The van der Waals surface area contributed by atoms with Gasteiger partial charge in [-0.3, -0.25) is 14.4 Å². The lowest BCUT2D eigenvalue weighted by molar-refractivity contribution is -0.119. The van der Waals surface area contributed by atoms with E-state index in [1.54, 1.807) is 48.5 Å². The number of rotatable bonds is 6. The molecule has 0 atom stereocenters. The Kier molecular flexibility index (Phi) is 6.16. The molecule has 0 fully saturated rings. The second kappa shape index (κ2) is 8.75. The molecule has 28 heavy (non-hydrogen) atoms. The van der Waals surface area contributed by atoms with E-state index >= 15 is 0 Å². The minimum Gasteiger partial charge on any atom is -0.332 e. The average Bonchev–Trinajstić information content (AvgIpc) is 2.94. The van der Waals surface area contributed by atoms with Gasteiger partial charge in [-0.2, -0.15) is 0 Å². The van der Waals surface area contributed by atoms with Crippen LogP contribution >= 0.6 is 12.2 Å². The molecule has 3 amide bonds. The Morgan fingerprint density at radius 2 is 1.57 bits per heavy atom.